The zero-order chi connectivity index (χ0) is 13.9. The molecule has 1 fully saturated rings. The van der Waals surface area contributed by atoms with E-state index in [1.54, 1.807) is 19.4 Å². The lowest BCUT2D eigenvalue weighted by atomic mass is 9.89. The molecule has 1 aromatic heterocycles. The van der Waals surface area contributed by atoms with Crippen molar-refractivity contribution in [1.82, 2.24) is 20.2 Å². The molecule has 104 valence electrons. The maximum absolute atomic E-state index is 11.8. The third kappa shape index (κ3) is 2.99. The number of hydrogen-bond acceptors (Lipinski definition) is 6. The molecule has 0 radical (unpaired) electrons. The highest BCUT2D eigenvalue weighted by atomic mass is 16.2. The Morgan fingerprint density at radius 1 is 1.53 bits per heavy atom. The summed E-state index contributed by atoms with van der Waals surface area (Å²) in [6.07, 6.45) is 4.16. The first-order valence-electron chi connectivity index (χ1n) is 6.29. The van der Waals surface area contributed by atoms with E-state index >= 15 is 0 Å². The van der Waals surface area contributed by atoms with Gasteiger partial charge in [-0.05, 0) is 19.9 Å². The third-order valence-electron chi connectivity index (χ3n) is 3.57. The normalized spacial score (nSPS) is 23.3. The fourth-order valence-electron chi connectivity index (χ4n) is 2.42. The van der Waals surface area contributed by atoms with E-state index in [0.717, 1.165) is 25.2 Å². The minimum Gasteiger partial charge on any atom is -0.359 e. The molecule has 0 spiro atoms. The Kier molecular flexibility index (Phi) is 3.96. The first kappa shape index (κ1) is 13.7. The maximum atomic E-state index is 11.8. The third-order valence-corrected chi connectivity index (χ3v) is 3.57. The maximum Gasteiger partial charge on any atom is 0.227 e. The number of amides is 1. The first-order chi connectivity index (χ1) is 9.07. The van der Waals surface area contributed by atoms with Gasteiger partial charge in [-0.2, -0.15) is 0 Å². The van der Waals surface area contributed by atoms with Crippen molar-refractivity contribution in [1.29, 1.82) is 0 Å². The van der Waals surface area contributed by atoms with Gasteiger partial charge in [-0.15, -0.1) is 0 Å². The van der Waals surface area contributed by atoms with Gasteiger partial charge in [0.05, 0.1) is 23.5 Å². The molecule has 7 nitrogen and oxygen atoms in total. The van der Waals surface area contributed by atoms with Crippen LogP contribution < -0.4 is 16.6 Å². The Bertz CT molecular complexity index is 448. The van der Waals surface area contributed by atoms with Crippen LogP contribution >= 0.6 is 0 Å². The fraction of sp³-hybridized carbons (Fsp3) is 0.583. The van der Waals surface area contributed by atoms with Crippen LogP contribution in [0.25, 0.3) is 0 Å². The predicted octanol–water partition coefficient (Wildman–Crippen LogP) is -0.280. The van der Waals surface area contributed by atoms with Crippen LogP contribution in [0.5, 0.6) is 0 Å². The molecule has 1 amide bonds. The zero-order valence-electron chi connectivity index (χ0n) is 11.3. The van der Waals surface area contributed by atoms with Gasteiger partial charge in [0.25, 0.3) is 0 Å². The molecule has 1 saturated heterocycles. The van der Waals surface area contributed by atoms with Gasteiger partial charge in [-0.1, -0.05) is 0 Å². The average Bonchev–Trinajstić information content (AvgIpc) is 2.81. The second-order valence-corrected chi connectivity index (χ2v) is 5.14. The van der Waals surface area contributed by atoms with Crippen LogP contribution in [0.15, 0.2) is 12.4 Å². The lowest BCUT2D eigenvalue weighted by Crippen LogP contribution is -2.39. The number of nitrogens with one attached hydrogen (secondary N) is 2. The van der Waals surface area contributed by atoms with Crippen LogP contribution in [0.3, 0.4) is 0 Å². The SMILES string of the molecule is CNC(=O)C1(C)CCN(Cc2cnc(NN)cn2)C1. The molecular weight excluding hydrogens is 244 g/mol. The van der Waals surface area contributed by atoms with Crippen LogP contribution in [-0.4, -0.2) is 40.9 Å². The zero-order valence-corrected chi connectivity index (χ0v) is 11.3. The summed E-state index contributed by atoms with van der Waals surface area (Å²) in [5.74, 6) is 5.88. The highest BCUT2D eigenvalue weighted by Gasteiger charge is 2.39. The minimum absolute atomic E-state index is 0.101. The van der Waals surface area contributed by atoms with Crippen molar-refractivity contribution in [2.75, 3.05) is 25.6 Å². The molecule has 0 aromatic carbocycles. The number of hydrogen-bond donors (Lipinski definition) is 3. The van der Waals surface area contributed by atoms with Crippen molar-refractivity contribution >= 4 is 11.7 Å². The first-order valence-corrected chi connectivity index (χ1v) is 6.29. The molecule has 1 aliphatic heterocycles. The molecular formula is C12H20N6O. The Morgan fingerprint density at radius 2 is 2.32 bits per heavy atom. The van der Waals surface area contributed by atoms with Crippen LogP contribution in [0.2, 0.25) is 0 Å². The molecule has 1 atom stereocenters. The fourth-order valence-corrected chi connectivity index (χ4v) is 2.42. The highest BCUT2D eigenvalue weighted by molar-refractivity contribution is 5.82. The number of nitrogens with zero attached hydrogens (tertiary/aromatic N) is 3. The molecule has 1 aliphatic rings. The van der Waals surface area contributed by atoms with Gasteiger partial charge in [-0.25, -0.2) is 10.8 Å². The molecule has 2 rings (SSSR count). The quantitative estimate of drug-likeness (QED) is 0.511. The van der Waals surface area contributed by atoms with Crippen molar-refractivity contribution in [2.24, 2.45) is 11.3 Å². The molecule has 0 bridgehead atoms. The van der Waals surface area contributed by atoms with E-state index < -0.39 is 0 Å². The van der Waals surface area contributed by atoms with Crippen molar-refractivity contribution in [3.8, 4) is 0 Å². The van der Waals surface area contributed by atoms with Crippen molar-refractivity contribution in [3.63, 3.8) is 0 Å². The Labute approximate surface area is 112 Å². The van der Waals surface area contributed by atoms with Gasteiger partial charge in [0.1, 0.15) is 0 Å². The minimum atomic E-state index is -0.305. The largest absolute Gasteiger partial charge is 0.359 e. The second kappa shape index (κ2) is 5.50. The highest BCUT2D eigenvalue weighted by Crippen LogP contribution is 2.30. The molecule has 19 heavy (non-hydrogen) atoms. The number of aromatic nitrogens is 2. The number of carbonyl (C=O) groups excluding carboxylic acids is 1. The number of anilines is 1. The summed E-state index contributed by atoms with van der Waals surface area (Å²) in [5.41, 5.74) is 3.01. The number of rotatable bonds is 4. The summed E-state index contributed by atoms with van der Waals surface area (Å²) >= 11 is 0. The van der Waals surface area contributed by atoms with E-state index in [2.05, 4.69) is 25.6 Å². The molecule has 0 saturated carbocycles. The topological polar surface area (TPSA) is 96.2 Å². The molecule has 1 aromatic rings. The van der Waals surface area contributed by atoms with E-state index in [1.165, 1.54) is 0 Å². The summed E-state index contributed by atoms with van der Waals surface area (Å²) in [6, 6.07) is 0. The molecule has 0 aliphatic carbocycles. The van der Waals surface area contributed by atoms with Crippen LogP contribution in [0.4, 0.5) is 5.82 Å². The molecule has 7 heteroatoms. The summed E-state index contributed by atoms with van der Waals surface area (Å²) in [7, 11) is 1.68. The van der Waals surface area contributed by atoms with Crippen LogP contribution in [-0.2, 0) is 11.3 Å². The standard InChI is InChI=1S/C12H20N6O/c1-12(11(19)14-2)3-4-18(8-12)7-9-5-16-10(17-13)6-15-9/h5-6H,3-4,7-8,13H2,1-2H3,(H,14,19)(H,16,17). The average molecular weight is 264 g/mol. The Morgan fingerprint density at radius 3 is 2.89 bits per heavy atom. The lowest BCUT2D eigenvalue weighted by Gasteiger charge is -2.22. The monoisotopic (exact) mass is 264 g/mol. The van der Waals surface area contributed by atoms with E-state index in [4.69, 9.17) is 5.84 Å². The molecule has 2 heterocycles. The lowest BCUT2D eigenvalue weighted by molar-refractivity contribution is -0.129. The summed E-state index contributed by atoms with van der Waals surface area (Å²) in [6.45, 7) is 4.33. The van der Waals surface area contributed by atoms with E-state index in [1.807, 2.05) is 6.92 Å². The Balaban J connectivity index is 1.96. The van der Waals surface area contributed by atoms with Gasteiger partial charge >= 0.3 is 0 Å². The molecule has 4 N–H and O–H groups in total. The van der Waals surface area contributed by atoms with Gasteiger partial charge in [0, 0.05) is 20.1 Å². The van der Waals surface area contributed by atoms with Gasteiger partial charge < -0.3 is 10.7 Å². The van der Waals surface area contributed by atoms with E-state index in [-0.39, 0.29) is 11.3 Å². The second-order valence-electron chi connectivity index (χ2n) is 5.14. The Hall–Kier alpha value is -1.73. The smallest absolute Gasteiger partial charge is 0.227 e. The molecule has 1 unspecified atom stereocenters. The van der Waals surface area contributed by atoms with Crippen LogP contribution in [0, 0.1) is 5.41 Å². The number of hydrazine groups is 1. The predicted molar refractivity (Wildman–Crippen MR) is 71.9 cm³/mol. The number of carbonyl (C=O) groups is 1. The van der Waals surface area contributed by atoms with E-state index in [0.29, 0.717) is 12.4 Å². The van der Waals surface area contributed by atoms with Gasteiger partial charge in [0.2, 0.25) is 5.91 Å². The number of nitrogens with two attached hydrogens (primary N) is 1. The van der Waals surface area contributed by atoms with Crippen molar-refractivity contribution in [2.45, 2.75) is 19.9 Å². The van der Waals surface area contributed by atoms with Gasteiger partial charge in [-0.3, -0.25) is 14.7 Å². The summed E-state index contributed by atoms with van der Waals surface area (Å²) in [5, 5.41) is 2.73. The van der Waals surface area contributed by atoms with E-state index in [9.17, 15) is 4.79 Å². The van der Waals surface area contributed by atoms with Crippen LogP contribution in [0.1, 0.15) is 19.0 Å². The number of nitrogen functional groups attached to an aromatic ring is 1. The van der Waals surface area contributed by atoms with Crippen molar-refractivity contribution < 1.29 is 4.79 Å². The van der Waals surface area contributed by atoms with Gasteiger partial charge in [0.15, 0.2) is 5.82 Å². The number of likely N-dealkylation sites (tertiary alicyclic amines) is 1. The summed E-state index contributed by atoms with van der Waals surface area (Å²) in [4.78, 5) is 22.4. The summed E-state index contributed by atoms with van der Waals surface area (Å²) < 4.78 is 0. The van der Waals surface area contributed by atoms with Crippen molar-refractivity contribution in [3.05, 3.63) is 18.1 Å².